The molecule has 0 bridgehead atoms. The van der Waals surface area contributed by atoms with Crippen LogP contribution in [0.15, 0.2) is 0 Å². The van der Waals surface area contributed by atoms with Gasteiger partial charge in [-0.15, -0.1) is 0 Å². The first-order chi connectivity index (χ1) is 6.95. The number of ether oxygens (including phenoxy) is 1. The zero-order valence-electron chi connectivity index (χ0n) is 9.13. The molecule has 82 valence electrons. The molecule has 2 atom stereocenters. The molecule has 14 heavy (non-hydrogen) atoms. The predicted octanol–water partition coefficient (Wildman–Crippen LogP) is 2.34. The topological polar surface area (TPSA) is 21.3 Å². The number of hydrogen-bond donors (Lipinski definition) is 1. The van der Waals surface area contributed by atoms with Crippen LogP contribution in [0.4, 0.5) is 0 Å². The highest BCUT2D eigenvalue weighted by Crippen LogP contribution is 2.24. The van der Waals surface area contributed by atoms with Crippen LogP contribution in [0.2, 0.25) is 0 Å². The van der Waals surface area contributed by atoms with E-state index in [9.17, 15) is 0 Å². The van der Waals surface area contributed by atoms with Gasteiger partial charge in [-0.3, -0.25) is 0 Å². The minimum atomic E-state index is 0.603. The lowest BCUT2D eigenvalue weighted by molar-refractivity contribution is 0.0974. The Hall–Kier alpha value is -0.0800. The maximum absolute atomic E-state index is 5.66. The second-order valence-corrected chi connectivity index (χ2v) is 4.76. The fraction of sp³-hybridized carbons (Fsp3) is 1.00. The van der Waals surface area contributed by atoms with Gasteiger partial charge in [0.2, 0.25) is 0 Å². The molecule has 2 fully saturated rings. The summed E-state index contributed by atoms with van der Waals surface area (Å²) in [5.41, 5.74) is 0. The molecule has 2 heteroatoms. The molecule has 0 aromatic heterocycles. The van der Waals surface area contributed by atoms with E-state index in [1.165, 1.54) is 58.0 Å². The summed E-state index contributed by atoms with van der Waals surface area (Å²) in [4.78, 5) is 0. The van der Waals surface area contributed by atoms with Gasteiger partial charge in [-0.25, -0.2) is 0 Å². The molecule has 0 aromatic carbocycles. The highest BCUT2D eigenvalue weighted by atomic mass is 16.5. The average molecular weight is 197 g/mol. The summed E-state index contributed by atoms with van der Waals surface area (Å²) in [5, 5.41) is 3.47. The van der Waals surface area contributed by atoms with E-state index in [1.807, 2.05) is 0 Å². The van der Waals surface area contributed by atoms with Crippen molar-refractivity contribution in [1.29, 1.82) is 0 Å². The second kappa shape index (κ2) is 5.72. The summed E-state index contributed by atoms with van der Waals surface area (Å²) in [6.45, 7) is 3.48. The Bertz CT molecular complexity index is 146. The van der Waals surface area contributed by atoms with E-state index in [0.29, 0.717) is 6.10 Å². The Kier molecular flexibility index (Phi) is 4.26. The van der Waals surface area contributed by atoms with Crippen molar-refractivity contribution in [3.63, 3.8) is 0 Å². The Labute approximate surface area is 87.4 Å². The van der Waals surface area contributed by atoms with Gasteiger partial charge in [0.05, 0.1) is 6.10 Å². The molecule has 0 spiro atoms. The zero-order chi connectivity index (χ0) is 9.64. The highest BCUT2D eigenvalue weighted by Gasteiger charge is 2.18. The van der Waals surface area contributed by atoms with Crippen LogP contribution in [0.1, 0.15) is 44.9 Å². The van der Waals surface area contributed by atoms with Crippen molar-refractivity contribution in [3.8, 4) is 0 Å². The Balaban J connectivity index is 1.62. The molecule has 2 unspecified atom stereocenters. The number of hydrogen-bond acceptors (Lipinski definition) is 2. The summed E-state index contributed by atoms with van der Waals surface area (Å²) in [5.74, 6) is 0.967. The van der Waals surface area contributed by atoms with Crippen LogP contribution >= 0.6 is 0 Å². The van der Waals surface area contributed by atoms with E-state index in [4.69, 9.17) is 4.74 Å². The third kappa shape index (κ3) is 3.25. The van der Waals surface area contributed by atoms with Crippen LogP contribution in [-0.2, 0) is 4.74 Å². The minimum Gasteiger partial charge on any atom is -0.378 e. The van der Waals surface area contributed by atoms with Gasteiger partial charge in [0, 0.05) is 6.61 Å². The molecule has 2 nitrogen and oxygen atoms in total. The molecule has 2 aliphatic heterocycles. The monoisotopic (exact) mass is 197 g/mol. The van der Waals surface area contributed by atoms with Gasteiger partial charge in [0.25, 0.3) is 0 Å². The molecule has 2 aliphatic rings. The van der Waals surface area contributed by atoms with Crippen molar-refractivity contribution in [1.82, 2.24) is 5.32 Å². The molecular weight excluding hydrogens is 174 g/mol. The molecule has 0 amide bonds. The van der Waals surface area contributed by atoms with Gasteiger partial charge < -0.3 is 10.1 Å². The third-order valence-electron chi connectivity index (χ3n) is 3.62. The third-order valence-corrected chi connectivity index (χ3v) is 3.62. The molecule has 1 N–H and O–H groups in total. The van der Waals surface area contributed by atoms with Crippen LogP contribution in [-0.4, -0.2) is 25.8 Å². The van der Waals surface area contributed by atoms with Crippen molar-refractivity contribution in [2.75, 3.05) is 19.7 Å². The lowest BCUT2D eigenvalue weighted by Gasteiger charge is -2.16. The van der Waals surface area contributed by atoms with Gasteiger partial charge in [0.1, 0.15) is 0 Å². The molecule has 2 saturated heterocycles. The van der Waals surface area contributed by atoms with Gasteiger partial charge in [0.15, 0.2) is 0 Å². The van der Waals surface area contributed by atoms with Crippen molar-refractivity contribution in [2.45, 2.75) is 51.0 Å². The Morgan fingerprint density at radius 2 is 2.00 bits per heavy atom. The van der Waals surface area contributed by atoms with Crippen LogP contribution in [0.25, 0.3) is 0 Å². The van der Waals surface area contributed by atoms with Crippen LogP contribution < -0.4 is 5.32 Å². The molecule has 0 aliphatic carbocycles. The average Bonchev–Trinajstić information content (AvgIpc) is 2.58. The molecule has 2 heterocycles. The predicted molar refractivity (Wildman–Crippen MR) is 58.4 cm³/mol. The van der Waals surface area contributed by atoms with Crippen molar-refractivity contribution in [3.05, 3.63) is 0 Å². The lowest BCUT2D eigenvalue weighted by Crippen LogP contribution is -2.14. The normalized spacial score (nSPS) is 34.3. The van der Waals surface area contributed by atoms with E-state index >= 15 is 0 Å². The molecule has 0 aromatic rings. The maximum Gasteiger partial charge on any atom is 0.0576 e. The first-order valence-electron chi connectivity index (χ1n) is 6.27. The van der Waals surface area contributed by atoms with Crippen molar-refractivity contribution in [2.24, 2.45) is 5.92 Å². The smallest absolute Gasteiger partial charge is 0.0576 e. The van der Waals surface area contributed by atoms with Crippen LogP contribution in [0.5, 0.6) is 0 Å². The summed E-state index contributed by atoms with van der Waals surface area (Å²) in [6, 6.07) is 0. The minimum absolute atomic E-state index is 0.603. The fourth-order valence-corrected chi connectivity index (χ4v) is 2.67. The first-order valence-corrected chi connectivity index (χ1v) is 6.27. The van der Waals surface area contributed by atoms with E-state index < -0.39 is 0 Å². The molecule has 2 rings (SSSR count). The molecule has 0 radical (unpaired) electrons. The SMILES string of the molecule is C1CNCCC(CCC2CCCO2)C1. The highest BCUT2D eigenvalue weighted by molar-refractivity contribution is 4.71. The Morgan fingerprint density at radius 1 is 1.00 bits per heavy atom. The fourth-order valence-electron chi connectivity index (χ4n) is 2.67. The second-order valence-electron chi connectivity index (χ2n) is 4.76. The zero-order valence-corrected chi connectivity index (χ0v) is 9.13. The van der Waals surface area contributed by atoms with E-state index in [-0.39, 0.29) is 0 Å². The van der Waals surface area contributed by atoms with Crippen molar-refractivity contribution >= 4 is 0 Å². The van der Waals surface area contributed by atoms with E-state index in [2.05, 4.69) is 5.32 Å². The van der Waals surface area contributed by atoms with Gasteiger partial charge >= 0.3 is 0 Å². The summed E-state index contributed by atoms with van der Waals surface area (Å²) in [7, 11) is 0. The summed E-state index contributed by atoms with van der Waals surface area (Å²) in [6.07, 6.45) is 10.1. The Morgan fingerprint density at radius 3 is 2.86 bits per heavy atom. The number of rotatable bonds is 3. The van der Waals surface area contributed by atoms with Crippen LogP contribution in [0.3, 0.4) is 0 Å². The quantitative estimate of drug-likeness (QED) is 0.750. The first kappa shape index (κ1) is 10.4. The van der Waals surface area contributed by atoms with E-state index in [0.717, 1.165) is 12.5 Å². The maximum atomic E-state index is 5.66. The van der Waals surface area contributed by atoms with Gasteiger partial charge in [-0.05, 0) is 64.0 Å². The standard InChI is InChI=1S/C12H23NO/c1-3-11(7-9-13-8-1)5-6-12-4-2-10-14-12/h11-13H,1-10H2. The summed E-state index contributed by atoms with van der Waals surface area (Å²) >= 11 is 0. The molecular formula is C12H23NO. The summed E-state index contributed by atoms with van der Waals surface area (Å²) < 4.78 is 5.66. The van der Waals surface area contributed by atoms with Crippen LogP contribution in [0, 0.1) is 5.92 Å². The van der Waals surface area contributed by atoms with Gasteiger partial charge in [-0.2, -0.15) is 0 Å². The molecule has 0 saturated carbocycles. The largest absolute Gasteiger partial charge is 0.378 e. The number of nitrogens with one attached hydrogen (secondary N) is 1. The van der Waals surface area contributed by atoms with Crippen molar-refractivity contribution < 1.29 is 4.74 Å². The van der Waals surface area contributed by atoms with Gasteiger partial charge in [-0.1, -0.05) is 0 Å². The van der Waals surface area contributed by atoms with E-state index in [1.54, 1.807) is 0 Å². The lowest BCUT2D eigenvalue weighted by atomic mass is 9.93.